The molecule has 16 heavy (non-hydrogen) atoms. The Morgan fingerprint density at radius 2 is 1.56 bits per heavy atom. The molecule has 0 amide bonds. The molecule has 90 valence electrons. The number of hydrogen-bond acceptors (Lipinski definition) is 5. The van der Waals surface area contributed by atoms with E-state index in [1.54, 1.807) is 6.92 Å². The highest BCUT2D eigenvalue weighted by Gasteiger charge is 2.10. The van der Waals surface area contributed by atoms with Crippen LogP contribution in [0.15, 0.2) is 24.3 Å². The van der Waals surface area contributed by atoms with E-state index < -0.39 is 11.9 Å². The number of rotatable bonds is 7. The molecule has 0 unspecified atom stereocenters. The van der Waals surface area contributed by atoms with Crippen molar-refractivity contribution in [1.29, 1.82) is 0 Å². The first kappa shape index (κ1) is 14.4. The average Bonchev–Trinajstić information content (AvgIpc) is 2.27. The molecule has 0 heterocycles. The van der Waals surface area contributed by atoms with Crippen LogP contribution in [0.25, 0.3) is 0 Å². The minimum absolute atomic E-state index is 0.00511. The normalized spacial score (nSPS) is 9.38. The minimum Gasteiger partial charge on any atom is -0.466 e. The Hall–Kier alpha value is -1.62. The van der Waals surface area contributed by atoms with Crippen molar-refractivity contribution in [2.75, 3.05) is 26.9 Å². The smallest absolute Gasteiger partial charge is 0.335 e. The van der Waals surface area contributed by atoms with Gasteiger partial charge in [0.2, 0.25) is 0 Å². The Kier molecular flexibility index (Phi) is 6.87. The van der Waals surface area contributed by atoms with Gasteiger partial charge in [-0.2, -0.15) is 0 Å². The number of esters is 2. The summed E-state index contributed by atoms with van der Waals surface area (Å²) in [4.78, 5) is 22.0. The monoisotopic (exact) mass is 228 g/mol. The highest BCUT2D eigenvalue weighted by atomic mass is 16.5. The summed E-state index contributed by atoms with van der Waals surface area (Å²) in [6, 6.07) is 0. The van der Waals surface area contributed by atoms with E-state index in [0.717, 1.165) is 0 Å². The van der Waals surface area contributed by atoms with Crippen LogP contribution in [0.2, 0.25) is 0 Å². The molecule has 5 nitrogen and oxygen atoms in total. The third kappa shape index (κ3) is 5.31. The quantitative estimate of drug-likeness (QED) is 0.477. The van der Waals surface area contributed by atoms with E-state index in [9.17, 15) is 9.59 Å². The first-order valence-corrected chi connectivity index (χ1v) is 4.71. The van der Waals surface area contributed by atoms with E-state index in [1.165, 1.54) is 7.11 Å². The molecule has 0 aliphatic carbocycles. The summed E-state index contributed by atoms with van der Waals surface area (Å²) in [6.45, 7) is 8.92. The Morgan fingerprint density at radius 3 is 2.00 bits per heavy atom. The van der Waals surface area contributed by atoms with Gasteiger partial charge in [-0.25, -0.2) is 9.59 Å². The number of carbonyl (C=O) groups is 2. The lowest BCUT2D eigenvalue weighted by Crippen LogP contribution is -2.15. The Bertz CT molecular complexity index is 293. The minimum atomic E-state index is -0.540. The highest BCUT2D eigenvalue weighted by molar-refractivity contribution is 5.88. The van der Waals surface area contributed by atoms with Crippen LogP contribution in [0.5, 0.6) is 0 Å². The Balaban J connectivity index is 3.82. The van der Waals surface area contributed by atoms with Gasteiger partial charge in [0.15, 0.2) is 0 Å². The van der Waals surface area contributed by atoms with E-state index in [0.29, 0.717) is 0 Å². The largest absolute Gasteiger partial charge is 0.466 e. The predicted octanol–water partition coefficient (Wildman–Crippen LogP) is 0.851. The molecule has 0 saturated carbocycles. The summed E-state index contributed by atoms with van der Waals surface area (Å²) in [5.74, 6) is -1.05. The third-order valence-corrected chi connectivity index (χ3v) is 1.59. The van der Waals surface area contributed by atoms with E-state index in [2.05, 4.69) is 17.9 Å². The lowest BCUT2D eigenvalue weighted by atomic mass is 10.3. The van der Waals surface area contributed by atoms with Crippen molar-refractivity contribution in [3.63, 3.8) is 0 Å². The van der Waals surface area contributed by atoms with Crippen LogP contribution in [0.1, 0.15) is 6.92 Å². The number of methoxy groups -OCH3 is 1. The number of carbonyl (C=O) groups excluding carboxylic acids is 2. The van der Waals surface area contributed by atoms with Gasteiger partial charge in [-0.1, -0.05) is 13.2 Å². The van der Waals surface area contributed by atoms with Crippen molar-refractivity contribution >= 4 is 11.9 Å². The van der Waals surface area contributed by atoms with Crippen LogP contribution in [-0.4, -0.2) is 38.9 Å². The molecule has 5 heteroatoms. The van der Waals surface area contributed by atoms with Gasteiger partial charge in [0.1, 0.15) is 0 Å². The maximum absolute atomic E-state index is 11.1. The topological polar surface area (TPSA) is 61.8 Å². The first-order chi connectivity index (χ1) is 7.52. The van der Waals surface area contributed by atoms with Gasteiger partial charge >= 0.3 is 11.9 Å². The van der Waals surface area contributed by atoms with Crippen LogP contribution >= 0.6 is 0 Å². The van der Waals surface area contributed by atoms with Crippen LogP contribution in [0.3, 0.4) is 0 Å². The van der Waals surface area contributed by atoms with Gasteiger partial charge in [-0.15, -0.1) is 0 Å². The molecule has 0 radical (unpaired) electrons. The molecule has 0 N–H and O–H groups in total. The molecule has 0 atom stereocenters. The van der Waals surface area contributed by atoms with Crippen molar-refractivity contribution in [2.24, 2.45) is 0 Å². The molecule has 0 aromatic carbocycles. The molecule has 0 aliphatic heterocycles. The van der Waals surface area contributed by atoms with Gasteiger partial charge in [-0.3, -0.25) is 0 Å². The second-order valence-electron chi connectivity index (χ2n) is 2.91. The fraction of sp³-hybridized carbons (Fsp3) is 0.455. The van der Waals surface area contributed by atoms with E-state index in [1.807, 2.05) is 0 Å². The van der Waals surface area contributed by atoms with E-state index in [-0.39, 0.29) is 31.0 Å². The summed E-state index contributed by atoms with van der Waals surface area (Å²) in [7, 11) is 1.26. The van der Waals surface area contributed by atoms with Crippen LogP contribution in [0.4, 0.5) is 0 Å². The van der Waals surface area contributed by atoms with Crippen molar-refractivity contribution in [3.05, 3.63) is 24.3 Å². The van der Waals surface area contributed by atoms with Crippen molar-refractivity contribution in [1.82, 2.24) is 0 Å². The average molecular weight is 228 g/mol. The maximum Gasteiger partial charge on any atom is 0.335 e. The molecular formula is C11H16O5. The maximum atomic E-state index is 11.1. The van der Waals surface area contributed by atoms with Gasteiger partial charge < -0.3 is 14.2 Å². The molecule has 0 spiro atoms. The molecule has 0 fully saturated rings. The van der Waals surface area contributed by atoms with Crippen LogP contribution in [0, 0.1) is 0 Å². The summed E-state index contributed by atoms with van der Waals surface area (Å²) >= 11 is 0. The van der Waals surface area contributed by atoms with Gasteiger partial charge in [0.05, 0.1) is 38.1 Å². The van der Waals surface area contributed by atoms with Crippen molar-refractivity contribution < 1.29 is 23.8 Å². The Labute approximate surface area is 94.7 Å². The summed E-state index contributed by atoms with van der Waals surface area (Å²) in [5.41, 5.74) is 0.374. The molecule has 0 rings (SSSR count). The SMILES string of the molecule is C=C(COCC(=C)C(=O)OCC)C(=O)OC. The summed E-state index contributed by atoms with van der Waals surface area (Å²) in [6.07, 6.45) is 0. The first-order valence-electron chi connectivity index (χ1n) is 4.71. The third-order valence-electron chi connectivity index (χ3n) is 1.59. The zero-order valence-electron chi connectivity index (χ0n) is 9.58. The van der Waals surface area contributed by atoms with Gasteiger partial charge in [-0.05, 0) is 6.92 Å². The molecular weight excluding hydrogens is 212 g/mol. The number of ether oxygens (including phenoxy) is 3. The Morgan fingerprint density at radius 1 is 1.06 bits per heavy atom. The lowest BCUT2D eigenvalue weighted by Gasteiger charge is -2.07. The van der Waals surface area contributed by atoms with Crippen LogP contribution in [-0.2, 0) is 23.8 Å². The number of hydrogen-bond donors (Lipinski definition) is 0. The fourth-order valence-corrected chi connectivity index (χ4v) is 0.793. The van der Waals surface area contributed by atoms with E-state index >= 15 is 0 Å². The highest BCUT2D eigenvalue weighted by Crippen LogP contribution is 1.99. The molecule has 0 aromatic rings. The summed E-state index contributed by atoms with van der Waals surface area (Å²) < 4.78 is 14.2. The second-order valence-corrected chi connectivity index (χ2v) is 2.91. The lowest BCUT2D eigenvalue weighted by molar-refractivity contribution is -0.139. The molecule has 0 aromatic heterocycles. The predicted molar refractivity (Wildman–Crippen MR) is 57.7 cm³/mol. The van der Waals surface area contributed by atoms with Gasteiger partial charge in [0, 0.05) is 0 Å². The van der Waals surface area contributed by atoms with Gasteiger partial charge in [0.25, 0.3) is 0 Å². The molecule has 0 saturated heterocycles. The zero-order chi connectivity index (χ0) is 12.6. The molecule has 0 aliphatic rings. The standard InChI is InChI=1S/C11H16O5/c1-5-16-11(13)9(3)7-15-6-8(2)10(12)14-4/h2-3,5-7H2,1,4H3. The van der Waals surface area contributed by atoms with Crippen LogP contribution < -0.4 is 0 Å². The van der Waals surface area contributed by atoms with Crippen molar-refractivity contribution in [3.8, 4) is 0 Å². The van der Waals surface area contributed by atoms with E-state index in [4.69, 9.17) is 9.47 Å². The molecule has 0 bridgehead atoms. The second kappa shape index (κ2) is 7.64. The summed E-state index contributed by atoms with van der Waals surface area (Å²) in [5, 5.41) is 0. The van der Waals surface area contributed by atoms with Crippen molar-refractivity contribution in [2.45, 2.75) is 6.92 Å². The fourth-order valence-electron chi connectivity index (χ4n) is 0.793. The zero-order valence-corrected chi connectivity index (χ0v) is 9.58.